The third-order valence-corrected chi connectivity index (χ3v) is 3.75. The van der Waals surface area contributed by atoms with Crippen LogP contribution in [-0.2, 0) is 4.74 Å². The fourth-order valence-corrected chi connectivity index (χ4v) is 2.61. The van der Waals surface area contributed by atoms with E-state index in [1.165, 1.54) is 12.6 Å². The van der Waals surface area contributed by atoms with Gasteiger partial charge in [-0.15, -0.1) is 0 Å². The lowest BCUT2D eigenvalue weighted by atomic mass is 9.85. The van der Waals surface area contributed by atoms with Gasteiger partial charge >= 0.3 is 5.97 Å². The van der Waals surface area contributed by atoms with Gasteiger partial charge in [0.1, 0.15) is 11.8 Å². The van der Waals surface area contributed by atoms with Gasteiger partial charge in [-0.1, -0.05) is 31.4 Å². The second kappa shape index (κ2) is 6.19. The molecule has 1 aromatic rings. The fraction of sp³-hybridized carbons (Fsp3) is 0.571. The topological polar surface area (TPSA) is 39.2 Å². The van der Waals surface area contributed by atoms with Gasteiger partial charge in [-0.25, -0.2) is 9.78 Å². The number of hydrogen-bond acceptors (Lipinski definition) is 3. The number of aromatic nitrogens is 1. The Morgan fingerprint density at radius 3 is 3.11 bits per heavy atom. The van der Waals surface area contributed by atoms with Crippen LogP contribution < -0.4 is 0 Å². The monoisotopic (exact) mass is 267 g/mol. The molecule has 1 saturated carbocycles. The van der Waals surface area contributed by atoms with Crippen LogP contribution in [-0.4, -0.2) is 17.1 Å². The average molecular weight is 268 g/mol. The molecule has 0 bridgehead atoms. The molecule has 0 saturated heterocycles. The minimum Gasteiger partial charge on any atom is -0.458 e. The van der Waals surface area contributed by atoms with Crippen LogP contribution >= 0.6 is 11.6 Å². The highest BCUT2D eigenvalue weighted by Crippen LogP contribution is 2.28. The van der Waals surface area contributed by atoms with Gasteiger partial charge < -0.3 is 4.74 Å². The predicted molar refractivity (Wildman–Crippen MR) is 70.7 cm³/mol. The quantitative estimate of drug-likeness (QED) is 0.781. The van der Waals surface area contributed by atoms with Gasteiger partial charge in [-0.3, -0.25) is 0 Å². The van der Waals surface area contributed by atoms with E-state index in [0.717, 1.165) is 25.7 Å². The highest BCUT2D eigenvalue weighted by Gasteiger charge is 2.24. The lowest BCUT2D eigenvalue weighted by Gasteiger charge is -2.28. The van der Waals surface area contributed by atoms with E-state index in [4.69, 9.17) is 16.3 Å². The summed E-state index contributed by atoms with van der Waals surface area (Å²) in [6, 6.07) is 3.19. The molecule has 2 unspecified atom stereocenters. The summed E-state index contributed by atoms with van der Waals surface area (Å²) in [6.45, 7) is 2.19. The van der Waals surface area contributed by atoms with Crippen molar-refractivity contribution in [2.45, 2.75) is 45.1 Å². The lowest BCUT2D eigenvalue weighted by molar-refractivity contribution is 0.0133. The van der Waals surface area contributed by atoms with Gasteiger partial charge in [0.25, 0.3) is 0 Å². The van der Waals surface area contributed by atoms with E-state index in [1.54, 1.807) is 12.1 Å². The lowest BCUT2D eigenvalue weighted by Crippen LogP contribution is -2.25. The van der Waals surface area contributed by atoms with Crippen molar-refractivity contribution in [2.24, 2.45) is 5.92 Å². The van der Waals surface area contributed by atoms with Crippen molar-refractivity contribution >= 4 is 17.6 Å². The SMILES string of the molecule is CCC1CCCC(OC(=O)c2cc(Cl)ccn2)C1. The first-order chi connectivity index (χ1) is 8.69. The molecule has 3 nitrogen and oxygen atoms in total. The molecular weight excluding hydrogens is 250 g/mol. The molecule has 1 aliphatic rings. The van der Waals surface area contributed by atoms with Crippen LogP contribution in [0.25, 0.3) is 0 Å². The van der Waals surface area contributed by atoms with Gasteiger partial charge in [0.05, 0.1) is 0 Å². The predicted octanol–water partition coefficient (Wildman–Crippen LogP) is 3.86. The zero-order valence-electron chi connectivity index (χ0n) is 10.6. The third-order valence-electron chi connectivity index (χ3n) is 3.52. The Labute approximate surface area is 113 Å². The molecule has 0 aliphatic heterocycles. The van der Waals surface area contributed by atoms with Crippen molar-refractivity contribution in [2.75, 3.05) is 0 Å². The summed E-state index contributed by atoms with van der Waals surface area (Å²) in [6.07, 6.45) is 7.04. The number of esters is 1. The van der Waals surface area contributed by atoms with Crippen LogP contribution in [0.2, 0.25) is 5.02 Å². The zero-order valence-corrected chi connectivity index (χ0v) is 11.3. The summed E-state index contributed by atoms with van der Waals surface area (Å²) in [5, 5.41) is 0.507. The number of carbonyl (C=O) groups excluding carboxylic acids is 1. The van der Waals surface area contributed by atoms with E-state index < -0.39 is 0 Å². The molecule has 2 atom stereocenters. The van der Waals surface area contributed by atoms with Crippen molar-refractivity contribution < 1.29 is 9.53 Å². The number of ether oxygens (including phenoxy) is 1. The summed E-state index contributed by atoms with van der Waals surface area (Å²) in [4.78, 5) is 15.9. The molecule has 1 heterocycles. The molecule has 2 rings (SSSR count). The molecule has 1 fully saturated rings. The smallest absolute Gasteiger partial charge is 0.357 e. The second-order valence-corrected chi connectivity index (χ2v) is 5.26. The zero-order chi connectivity index (χ0) is 13.0. The molecule has 0 spiro atoms. The Hall–Kier alpha value is -1.09. The number of nitrogens with zero attached hydrogens (tertiary/aromatic N) is 1. The van der Waals surface area contributed by atoms with Crippen LogP contribution in [0.3, 0.4) is 0 Å². The van der Waals surface area contributed by atoms with Crippen LogP contribution in [0.5, 0.6) is 0 Å². The number of pyridine rings is 1. The minimum absolute atomic E-state index is 0.0389. The Morgan fingerprint density at radius 1 is 1.56 bits per heavy atom. The van der Waals surface area contributed by atoms with Crippen molar-refractivity contribution in [1.29, 1.82) is 0 Å². The average Bonchev–Trinajstić information content (AvgIpc) is 2.39. The van der Waals surface area contributed by atoms with Crippen molar-refractivity contribution in [1.82, 2.24) is 4.98 Å². The van der Waals surface area contributed by atoms with Gasteiger partial charge in [0.2, 0.25) is 0 Å². The van der Waals surface area contributed by atoms with E-state index >= 15 is 0 Å². The first kappa shape index (κ1) is 13.3. The maximum absolute atomic E-state index is 11.9. The van der Waals surface area contributed by atoms with E-state index in [-0.39, 0.29) is 12.1 Å². The molecular formula is C14H18ClNO2. The normalized spacial score (nSPS) is 23.7. The van der Waals surface area contributed by atoms with Crippen LogP contribution in [0.4, 0.5) is 0 Å². The molecule has 0 N–H and O–H groups in total. The van der Waals surface area contributed by atoms with E-state index in [2.05, 4.69) is 11.9 Å². The van der Waals surface area contributed by atoms with Crippen molar-refractivity contribution in [3.63, 3.8) is 0 Å². The Balaban J connectivity index is 1.95. The highest BCUT2D eigenvalue weighted by molar-refractivity contribution is 6.30. The minimum atomic E-state index is -0.362. The van der Waals surface area contributed by atoms with E-state index in [0.29, 0.717) is 16.6 Å². The Kier molecular flexibility index (Phi) is 4.59. The largest absolute Gasteiger partial charge is 0.458 e. The molecule has 4 heteroatoms. The number of carbonyl (C=O) groups is 1. The number of halogens is 1. The van der Waals surface area contributed by atoms with Crippen molar-refractivity contribution in [3.05, 3.63) is 29.0 Å². The summed E-state index contributed by atoms with van der Waals surface area (Å²) in [7, 11) is 0. The van der Waals surface area contributed by atoms with Gasteiger partial charge in [-0.05, 0) is 37.3 Å². The molecule has 0 aromatic carbocycles. The Bertz CT molecular complexity index is 422. The first-order valence-corrected chi connectivity index (χ1v) is 6.89. The summed E-state index contributed by atoms with van der Waals surface area (Å²) in [5.41, 5.74) is 0.293. The van der Waals surface area contributed by atoms with Crippen molar-refractivity contribution in [3.8, 4) is 0 Å². The summed E-state index contributed by atoms with van der Waals surface area (Å²) >= 11 is 5.83. The summed E-state index contributed by atoms with van der Waals surface area (Å²) < 4.78 is 5.50. The summed E-state index contributed by atoms with van der Waals surface area (Å²) in [5.74, 6) is 0.322. The second-order valence-electron chi connectivity index (χ2n) is 4.83. The van der Waals surface area contributed by atoms with Crippen LogP contribution in [0, 0.1) is 5.92 Å². The maximum Gasteiger partial charge on any atom is 0.357 e. The van der Waals surface area contributed by atoms with E-state index in [1.807, 2.05) is 0 Å². The van der Waals surface area contributed by atoms with Gasteiger partial charge in [-0.2, -0.15) is 0 Å². The highest BCUT2D eigenvalue weighted by atomic mass is 35.5. The molecule has 18 heavy (non-hydrogen) atoms. The van der Waals surface area contributed by atoms with Gasteiger partial charge in [0.15, 0.2) is 0 Å². The molecule has 98 valence electrons. The third kappa shape index (κ3) is 3.45. The Morgan fingerprint density at radius 2 is 2.39 bits per heavy atom. The molecule has 1 aromatic heterocycles. The van der Waals surface area contributed by atoms with Crippen LogP contribution in [0.15, 0.2) is 18.3 Å². The number of hydrogen-bond donors (Lipinski definition) is 0. The first-order valence-electron chi connectivity index (χ1n) is 6.51. The van der Waals surface area contributed by atoms with E-state index in [9.17, 15) is 4.79 Å². The molecule has 0 amide bonds. The van der Waals surface area contributed by atoms with Crippen LogP contribution in [0.1, 0.15) is 49.5 Å². The van der Waals surface area contributed by atoms with Gasteiger partial charge in [0, 0.05) is 11.2 Å². The fourth-order valence-electron chi connectivity index (χ4n) is 2.45. The molecule has 0 radical (unpaired) electrons. The standard InChI is InChI=1S/C14H18ClNO2/c1-2-10-4-3-5-12(8-10)18-14(17)13-9-11(15)6-7-16-13/h6-7,9-10,12H,2-5,8H2,1H3. The number of rotatable bonds is 3. The maximum atomic E-state index is 11.9. The molecule has 1 aliphatic carbocycles.